The first-order valence-corrected chi connectivity index (χ1v) is 10.8. The summed E-state index contributed by atoms with van der Waals surface area (Å²) >= 11 is 0. The number of ether oxygens (including phenoxy) is 2. The molecular weight excluding hydrogens is 399 g/mol. The van der Waals surface area contributed by atoms with Crippen LogP contribution in [0.3, 0.4) is 0 Å². The molecule has 0 spiro atoms. The maximum Gasteiger partial charge on any atom is 0.306 e. The number of hydrogen-bond acceptors (Lipinski definition) is 5. The molecule has 1 aliphatic rings. The van der Waals surface area contributed by atoms with Crippen molar-refractivity contribution in [2.24, 2.45) is 11.8 Å². The van der Waals surface area contributed by atoms with E-state index in [0.717, 1.165) is 12.7 Å². The van der Waals surface area contributed by atoms with Crippen LogP contribution in [0.1, 0.15) is 46.0 Å². The van der Waals surface area contributed by atoms with Crippen molar-refractivity contribution in [2.45, 2.75) is 64.3 Å². The molecule has 5 nitrogen and oxygen atoms in total. The van der Waals surface area contributed by atoms with Crippen LogP contribution in [0.2, 0.25) is 0 Å². The van der Waals surface area contributed by atoms with E-state index in [9.17, 15) is 19.4 Å². The van der Waals surface area contributed by atoms with Crippen molar-refractivity contribution in [1.82, 2.24) is 0 Å². The van der Waals surface area contributed by atoms with E-state index >= 15 is 0 Å². The third-order valence-electron chi connectivity index (χ3n) is 5.14. The number of unbranched alkanes of at least 4 members (excludes halogenated alkanes) is 1. The fraction of sp³-hybridized carbons (Fsp3) is 0.480. The first-order valence-electron chi connectivity index (χ1n) is 10.8. The summed E-state index contributed by atoms with van der Waals surface area (Å²) < 4.78 is 24.4. The second kappa shape index (κ2) is 13.1. The maximum atomic E-state index is 14.1. The van der Waals surface area contributed by atoms with Crippen LogP contribution in [0.5, 0.6) is 5.75 Å². The molecule has 6 heteroatoms. The number of rotatable bonds is 11. The number of para-hydroxylation sites is 1. The normalized spacial score (nSPS) is 24.4. The summed E-state index contributed by atoms with van der Waals surface area (Å²) in [6, 6.07) is 8.88. The Kier molecular flexibility index (Phi) is 10.5. The average Bonchev–Trinajstić information content (AvgIpc) is 3.00. The summed E-state index contributed by atoms with van der Waals surface area (Å²) in [7, 11) is 0. The van der Waals surface area contributed by atoms with E-state index in [2.05, 4.69) is 0 Å². The minimum atomic E-state index is -0.724. The fourth-order valence-electron chi connectivity index (χ4n) is 3.63. The lowest BCUT2D eigenvalue weighted by atomic mass is 9.90. The van der Waals surface area contributed by atoms with Crippen LogP contribution in [0.25, 0.3) is 0 Å². The molecular formula is C25H33FO5. The number of carbonyl (C=O) groups is 1. The zero-order chi connectivity index (χ0) is 22.6. The molecule has 1 fully saturated rings. The quantitative estimate of drug-likeness (QED) is 0.172. The first kappa shape index (κ1) is 24.8. The predicted molar refractivity (Wildman–Crippen MR) is 118 cm³/mol. The van der Waals surface area contributed by atoms with Crippen LogP contribution in [-0.2, 0) is 9.53 Å². The average molecular weight is 433 g/mol. The molecule has 2 N–H and O–H groups in total. The predicted octanol–water partition coefficient (Wildman–Crippen LogP) is 4.86. The Labute approximate surface area is 183 Å². The second-order valence-corrected chi connectivity index (χ2v) is 8.04. The third kappa shape index (κ3) is 9.07. The largest absolute Gasteiger partial charge is 0.463 e. The lowest BCUT2D eigenvalue weighted by Gasteiger charge is -2.19. The summed E-state index contributed by atoms with van der Waals surface area (Å²) in [6.07, 6.45) is 8.95. The topological polar surface area (TPSA) is 76.0 Å². The molecule has 0 aromatic heterocycles. The smallest absolute Gasteiger partial charge is 0.306 e. The Morgan fingerprint density at radius 2 is 1.94 bits per heavy atom. The van der Waals surface area contributed by atoms with E-state index in [1.54, 1.807) is 30.3 Å². The van der Waals surface area contributed by atoms with Gasteiger partial charge in [-0.3, -0.25) is 4.79 Å². The van der Waals surface area contributed by atoms with Gasteiger partial charge in [0, 0.05) is 18.8 Å². The Morgan fingerprint density at radius 3 is 2.65 bits per heavy atom. The molecule has 1 aliphatic carbocycles. The summed E-state index contributed by atoms with van der Waals surface area (Å²) in [5, 5.41) is 20.5. The molecule has 0 bridgehead atoms. The van der Waals surface area contributed by atoms with Crippen molar-refractivity contribution in [3.63, 3.8) is 0 Å². The highest BCUT2D eigenvalue weighted by Crippen LogP contribution is 2.36. The second-order valence-electron chi connectivity index (χ2n) is 8.04. The van der Waals surface area contributed by atoms with Crippen molar-refractivity contribution in [1.29, 1.82) is 0 Å². The van der Waals surface area contributed by atoms with Crippen molar-refractivity contribution in [3.05, 3.63) is 66.7 Å². The van der Waals surface area contributed by atoms with Crippen LogP contribution in [-0.4, -0.2) is 34.5 Å². The summed E-state index contributed by atoms with van der Waals surface area (Å²) in [5.41, 5.74) is 0. The Balaban J connectivity index is 1.82. The van der Waals surface area contributed by atoms with Gasteiger partial charge in [-0.1, -0.05) is 36.4 Å². The Hall–Kier alpha value is -2.44. The van der Waals surface area contributed by atoms with E-state index in [0.29, 0.717) is 25.0 Å². The summed E-state index contributed by atoms with van der Waals surface area (Å²) in [4.78, 5) is 11.5. The number of allylic oxidation sites excluding steroid dienone is 4. The molecule has 1 aromatic rings. The van der Waals surface area contributed by atoms with Gasteiger partial charge in [0.25, 0.3) is 0 Å². The molecule has 0 saturated heterocycles. The SMILES string of the molecule is CC(C)OC(=O)CCC/C=C\C[C@@H]1[C@@H](/C=C/C(F)=C/Oc2ccccc2)[C@H](O)C[C@@H]1O. The van der Waals surface area contributed by atoms with Gasteiger partial charge in [-0.25, -0.2) is 4.39 Å². The molecule has 0 aliphatic heterocycles. The van der Waals surface area contributed by atoms with Crippen LogP contribution >= 0.6 is 0 Å². The number of aliphatic hydroxyl groups is 2. The molecule has 170 valence electrons. The first-order chi connectivity index (χ1) is 14.9. The lowest BCUT2D eigenvalue weighted by molar-refractivity contribution is -0.147. The van der Waals surface area contributed by atoms with Crippen LogP contribution in [0.15, 0.2) is 66.7 Å². The van der Waals surface area contributed by atoms with E-state index in [-0.39, 0.29) is 30.3 Å². The van der Waals surface area contributed by atoms with E-state index in [1.165, 1.54) is 6.08 Å². The number of carbonyl (C=O) groups excluding carboxylic acids is 1. The molecule has 2 rings (SSSR count). The van der Waals surface area contributed by atoms with Gasteiger partial charge in [-0.05, 0) is 57.2 Å². The van der Waals surface area contributed by atoms with Gasteiger partial charge in [0.05, 0.1) is 18.3 Å². The highest BCUT2D eigenvalue weighted by Gasteiger charge is 2.39. The molecule has 0 radical (unpaired) electrons. The van der Waals surface area contributed by atoms with Crippen molar-refractivity contribution in [2.75, 3.05) is 0 Å². The molecule has 31 heavy (non-hydrogen) atoms. The van der Waals surface area contributed by atoms with Gasteiger partial charge in [-0.2, -0.15) is 0 Å². The van der Waals surface area contributed by atoms with Crippen molar-refractivity contribution in [3.8, 4) is 5.75 Å². The van der Waals surface area contributed by atoms with Gasteiger partial charge in [0.15, 0.2) is 5.83 Å². The number of hydrogen-bond donors (Lipinski definition) is 2. The zero-order valence-corrected chi connectivity index (χ0v) is 18.2. The van der Waals surface area contributed by atoms with Gasteiger partial charge in [0.2, 0.25) is 0 Å². The number of benzene rings is 1. The number of esters is 1. The third-order valence-corrected chi connectivity index (χ3v) is 5.14. The van der Waals surface area contributed by atoms with Crippen LogP contribution < -0.4 is 4.74 Å². The summed E-state index contributed by atoms with van der Waals surface area (Å²) in [6.45, 7) is 3.64. The Morgan fingerprint density at radius 1 is 1.19 bits per heavy atom. The van der Waals surface area contributed by atoms with Gasteiger partial charge >= 0.3 is 5.97 Å². The molecule has 1 saturated carbocycles. The molecule has 0 amide bonds. The van der Waals surface area contributed by atoms with E-state index in [4.69, 9.17) is 9.47 Å². The van der Waals surface area contributed by atoms with E-state index in [1.807, 2.05) is 32.1 Å². The molecule has 0 unspecified atom stereocenters. The zero-order valence-electron chi connectivity index (χ0n) is 18.2. The molecule has 4 atom stereocenters. The number of aliphatic hydroxyl groups excluding tert-OH is 2. The molecule has 1 aromatic carbocycles. The Bertz CT molecular complexity index is 756. The van der Waals surface area contributed by atoms with Crippen molar-refractivity contribution >= 4 is 5.97 Å². The van der Waals surface area contributed by atoms with E-state index < -0.39 is 18.0 Å². The van der Waals surface area contributed by atoms with Gasteiger partial charge < -0.3 is 19.7 Å². The highest BCUT2D eigenvalue weighted by atomic mass is 19.1. The van der Waals surface area contributed by atoms with Gasteiger partial charge in [-0.15, -0.1) is 0 Å². The highest BCUT2D eigenvalue weighted by molar-refractivity contribution is 5.69. The van der Waals surface area contributed by atoms with Gasteiger partial charge in [0.1, 0.15) is 12.0 Å². The number of halogens is 1. The van der Waals surface area contributed by atoms with Crippen LogP contribution in [0, 0.1) is 11.8 Å². The maximum absolute atomic E-state index is 14.1. The van der Waals surface area contributed by atoms with Crippen LogP contribution in [0.4, 0.5) is 4.39 Å². The standard InChI is InChI=1S/C25H33FO5/c1-18(2)31-25(29)13-9-4-3-8-12-21-22(24(28)16-23(21)27)15-14-19(26)17-30-20-10-6-5-7-11-20/h3,5-8,10-11,14-15,17-18,21-24,27-28H,4,9,12-13,16H2,1-2H3/b8-3-,15-14+,19-17-/t21-,22-,23+,24-/m1/s1. The minimum absolute atomic E-state index is 0.104. The van der Waals surface area contributed by atoms with Crippen molar-refractivity contribution < 1.29 is 28.9 Å². The lowest BCUT2D eigenvalue weighted by Crippen LogP contribution is -2.19. The molecule has 0 heterocycles. The minimum Gasteiger partial charge on any atom is -0.463 e. The monoisotopic (exact) mass is 432 g/mol. The fourth-order valence-corrected chi connectivity index (χ4v) is 3.63. The summed E-state index contributed by atoms with van der Waals surface area (Å²) in [5.74, 6) is -0.787.